The first-order valence-corrected chi connectivity index (χ1v) is 9.28. The average molecular weight is 325 g/mol. The van der Waals surface area contributed by atoms with Crippen molar-refractivity contribution in [1.29, 1.82) is 0 Å². The summed E-state index contributed by atoms with van der Waals surface area (Å²) in [5.74, 6) is 0.752. The van der Waals surface area contributed by atoms with Gasteiger partial charge in [-0.3, -0.25) is 0 Å². The van der Waals surface area contributed by atoms with Gasteiger partial charge < -0.3 is 20.3 Å². The minimum absolute atomic E-state index is 0.240. The lowest BCUT2D eigenvalue weighted by Gasteiger charge is -2.33. The molecule has 23 heavy (non-hydrogen) atoms. The third-order valence-corrected chi connectivity index (χ3v) is 4.99. The first kappa shape index (κ1) is 18.5. The number of piperidine rings is 1. The number of hydrogen-bond donors (Lipinski definition) is 2. The van der Waals surface area contributed by atoms with Crippen LogP contribution < -0.4 is 10.6 Å². The number of nitrogens with one attached hydrogen (secondary N) is 2. The molecule has 0 aromatic carbocycles. The van der Waals surface area contributed by atoms with Crippen LogP contribution in [0.25, 0.3) is 0 Å². The van der Waals surface area contributed by atoms with Crippen LogP contribution in [0.4, 0.5) is 4.79 Å². The maximum Gasteiger partial charge on any atom is 0.410 e. The second kappa shape index (κ2) is 8.34. The van der Waals surface area contributed by atoms with E-state index in [1.165, 1.54) is 45.1 Å². The summed E-state index contributed by atoms with van der Waals surface area (Å²) in [6.45, 7) is 8.40. The molecular weight excluding hydrogens is 290 g/mol. The van der Waals surface area contributed by atoms with Crippen molar-refractivity contribution < 1.29 is 9.53 Å². The monoisotopic (exact) mass is 325 g/mol. The molecule has 2 rings (SSSR count). The SMILES string of the molecule is CN(CCNC1CCCC1C1CCCCN1)C(=O)OC(C)(C)C. The number of ether oxygens (including phenoxy) is 1. The number of rotatable bonds is 5. The minimum atomic E-state index is -0.429. The van der Waals surface area contributed by atoms with E-state index >= 15 is 0 Å². The molecule has 1 aliphatic heterocycles. The Kier molecular flexibility index (Phi) is 6.72. The Morgan fingerprint density at radius 1 is 1.22 bits per heavy atom. The standard InChI is InChI=1S/C18H35N3O2/c1-18(2,3)23-17(22)21(4)13-12-20-16-10-7-8-14(16)15-9-5-6-11-19-15/h14-16,19-20H,5-13H2,1-4H3. The lowest BCUT2D eigenvalue weighted by molar-refractivity contribution is 0.0298. The fourth-order valence-corrected chi connectivity index (χ4v) is 3.82. The molecule has 1 saturated carbocycles. The van der Waals surface area contributed by atoms with E-state index in [1.807, 2.05) is 27.8 Å². The lowest BCUT2D eigenvalue weighted by Crippen LogP contribution is -2.48. The van der Waals surface area contributed by atoms with E-state index in [4.69, 9.17) is 4.74 Å². The number of hydrogen-bond acceptors (Lipinski definition) is 4. The van der Waals surface area contributed by atoms with Gasteiger partial charge in [0, 0.05) is 32.2 Å². The highest BCUT2D eigenvalue weighted by atomic mass is 16.6. The maximum atomic E-state index is 12.0. The summed E-state index contributed by atoms with van der Waals surface area (Å²) in [5, 5.41) is 7.40. The van der Waals surface area contributed by atoms with Crippen LogP contribution in [0.3, 0.4) is 0 Å². The van der Waals surface area contributed by atoms with E-state index in [9.17, 15) is 4.79 Å². The number of carbonyl (C=O) groups is 1. The maximum absolute atomic E-state index is 12.0. The van der Waals surface area contributed by atoms with Crippen molar-refractivity contribution in [2.45, 2.75) is 77.0 Å². The van der Waals surface area contributed by atoms with Gasteiger partial charge in [-0.25, -0.2) is 4.79 Å². The molecule has 1 saturated heterocycles. The highest BCUT2D eigenvalue weighted by Gasteiger charge is 2.33. The van der Waals surface area contributed by atoms with Crippen molar-refractivity contribution in [3.8, 4) is 0 Å². The third kappa shape index (κ3) is 5.96. The van der Waals surface area contributed by atoms with Crippen LogP contribution in [0.5, 0.6) is 0 Å². The second-order valence-electron chi connectivity index (χ2n) is 8.11. The molecule has 0 spiro atoms. The molecule has 134 valence electrons. The summed E-state index contributed by atoms with van der Waals surface area (Å²) < 4.78 is 5.39. The molecule has 0 aromatic rings. The van der Waals surface area contributed by atoms with Gasteiger partial charge in [-0.2, -0.15) is 0 Å². The summed E-state index contributed by atoms with van der Waals surface area (Å²) in [6, 6.07) is 1.28. The molecule has 2 N–H and O–H groups in total. The molecule has 5 nitrogen and oxygen atoms in total. The normalized spacial score (nSPS) is 28.6. The predicted molar refractivity (Wildman–Crippen MR) is 93.6 cm³/mol. The van der Waals surface area contributed by atoms with E-state index in [2.05, 4.69) is 10.6 Å². The van der Waals surface area contributed by atoms with Crippen LogP contribution in [-0.2, 0) is 4.74 Å². The van der Waals surface area contributed by atoms with Gasteiger partial charge in [-0.05, 0) is 58.9 Å². The zero-order valence-corrected chi connectivity index (χ0v) is 15.4. The molecule has 5 heteroatoms. The molecule has 2 fully saturated rings. The van der Waals surface area contributed by atoms with E-state index < -0.39 is 5.60 Å². The molecule has 3 unspecified atom stereocenters. The first-order chi connectivity index (χ1) is 10.9. The second-order valence-corrected chi connectivity index (χ2v) is 8.11. The van der Waals surface area contributed by atoms with Crippen molar-refractivity contribution in [3.05, 3.63) is 0 Å². The van der Waals surface area contributed by atoms with Crippen molar-refractivity contribution in [2.75, 3.05) is 26.7 Å². The predicted octanol–water partition coefficient (Wildman–Crippen LogP) is 2.75. The van der Waals surface area contributed by atoms with Crippen LogP contribution in [0.2, 0.25) is 0 Å². The van der Waals surface area contributed by atoms with Crippen LogP contribution in [0.1, 0.15) is 59.3 Å². The van der Waals surface area contributed by atoms with Gasteiger partial charge in [0.15, 0.2) is 0 Å². The summed E-state index contributed by atoms with van der Waals surface area (Å²) in [7, 11) is 1.81. The van der Waals surface area contributed by atoms with E-state index in [1.54, 1.807) is 4.90 Å². The highest BCUT2D eigenvalue weighted by Crippen LogP contribution is 2.31. The van der Waals surface area contributed by atoms with Crippen molar-refractivity contribution in [1.82, 2.24) is 15.5 Å². The van der Waals surface area contributed by atoms with Gasteiger partial charge in [0.1, 0.15) is 5.60 Å². The topological polar surface area (TPSA) is 53.6 Å². The Bertz CT molecular complexity index is 375. The summed E-state index contributed by atoms with van der Waals surface area (Å²) in [4.78, 5) is 13.6. The third-order valence-electron chi connectivity index (χ3n) is 4.99. The smallest absolute Gasteiger partial charge is 0.410 e. The van der Waals surface area contributed by atoms with E-state index in [0.29, 0.717) is 18.6 Å². The largest absolute Gasteiger partial charge is 0.444 e. The van der Waals surface area contributed by atoms with Crippen molar-refractivity contribution in [2.24, 2.45) is 5.92 Å². The fourth-order valence-electron chi connectivity index (χ4n) is 3.82. The van der Waals surface area contributed by atoms with Crippen LogP contribution in [0, 0.1) is 5.92 Å². The quantitative estimate of drug-likeness (QED) is 0.816. The molecule has 2 aliphatic rings. The number of amides is 1. The molecule has 0 radical (unpaired) electrons. The van der Waals surface area contributed by atoms with Crippen molar-refractivity contribution >= 4 is 6.09 Å². The molecule has 3 atom stereocenters. The fraction of sp³-hybridized carbons (Fsp3) is 0.944. The van der Waals surface area contributed by atoms with E-state index in [0.717, 1.165) is 12.5 Å². The zero-order valence-electron chi connectivity index (χ0n) is 15.4. The van der Waals surface area contributed by atoms with Gasteiger partial charge in [0.25, 0.3) is 0 Å². The molecule has 1 amide bonds. The van der Waals surface area contributed by atoms with Crippen LogP contribution >= 0.6 is 0 Å². The Labute approximate surface area is 141 Å². The Morgan fingerprint density at radius 2 is 2.00 bits per heavy atom. The van der Waals surface area contributed by atoms with Crippen LogP contribution in [-0.4, -0.2) is 55.4 Å². The Hall–Kier alpha value is -0.810. The van der Waals surface area contributed by atoms with Gasteiger partial charge in [-0.1, -0.05) is 12.8 Å². The van der Waals surface area contributed by atoms with Crippen molar-refractivity contribution in [3.63, 3.8) is 0 Å². The van der Waals surface area contributed by atoms with Gasteiger partial charge in [0.05, 0.1) is 0 Å². The molecule has 1 heterocycles. The summed E-state index contributed by atoms with van der Waals surface area (Å²) >= 11 is 0. The summed E-state index contributed by atoms with van der Waals surface area (Å²) in [5.41, 5.74) is -0.429. The lowest BCUT2D eigenvalue weighted by atomic mass is 9.88. The average Bonchev–Trinajstić information content (AvgIpc) is 2.94. The molecular formula is C18H35N3O2. The zero-order chi connectivity index (χ0) is 16.9. The Balaban J connectivity index is 1.71. The number of carbonyl (C=O) groups excluding carboxylic acids is 1. The number of nitrogens with zero attached hydrogens (tertiary/aromatic N) is 1. The highest BCUT2D eigenvalue weighted by molar-refractivity contribution is 5.67. The van der Waals surface area contributed by atoms with Gasteiger partial charge >= 0.3 is 6.09 Å². The van der Waals surface area contributed by atoms with E-state index in [-0.39, 0.29) is 6.09 Å². The van der Waals surface area contributed by atoms with Gasteiger partial charge in [0.2, 0.25) is 0 Å². The molecule has 0 aromatic heterocycles. The number of likely N-dealkylation sites (N-methyl/N-ethyl adjacent to an activating group) is 1. The van der Waals surface area contributed by atoms with Crippen LogP contribution in [0.15, 0.2) is 0 Å². The first-order valence-electron chi connectivity index (χ1n) is 9.28. The molecule has 1 aliphatic carbocycles. The molecule has 0 bridgehead atoms. The Morgan fingerprint density at radius 3 is 2.65 bits per heavy atom. The van der Waals surface area contributed by atoms with Gasteiger partial charge in [-0.15, -0.1) is 0 Å². The minimum Gasteiger partial charge on any atom is -0.444 e. The summed E-state index contributed by atoms with van der Waals surface area (Å²) in [6.07, 6.45) is 7.68.